The molecule has 1 aliphatic heterocycles. The number of anilines is 1. The molecule has 0 atom stereocenters. The smallest absolute Gasteiger partial charge is 0.272 e. The van der Waals surface area contributed by atoms with Crippen LogP contribution in [-0.4, -0.2) is 35.7 Å². The Balaban J connectivity index is 1.26. The molecule has 0 saturated carbocycles. The Bertz CT molecular complexity index is 1230. The van der Waals surface area contributed by atoms with Crippen molar-refractivity contribution in [2.75, 3.05) is 24.5 Å². The lowest BCUT2D eigenvalue weighted by molar-refractivity contribution is 0.0950. The van der Waals surface area contributed by atoms with Crippen LogP contribution in [-0.2, 0) is 12.8 Å². The monoisotopic (exact) mass is 450 g/mol. The van der Waals surface area contributed by atoms with Gasteiger partial charge in [-0.15, -0.1) is 10.2 Å². The van der Waals surface area contributed by atoms with E-state index in [1.54, 1.807) is 0 Å². The number of carbonyl (C=O) groups is 1. The summed E-state index contributed by atoms with van der Waals surface area (Å²) >= 11 is 0. The summed E-state index contributed by atoms with van der Waals surface area (Å²) in [6.45, 7) is 2.48. The molecular weight excluding hydrogens is 420 g/mol. The largest absolute Gasteiger partial charge is 0.355 e. The number of nitrogens with one attached hydrogen (secondary N) is 1. The number of nitrogens with zero attached hydrogens (tertiary/aromatic N) is 3. The molecule has 1 fully saturated rings. The van der Waals surface area contributed by atoms with Crippen LogP contribution in [0.25, 0.3) is 10.8 Å². The number of hydrogen-bond acceptors (Lipinski definition) is 4. The standard InChI is InChI=1S/C29H30N4O/c34-29(30-18-15-22-9-3-1-4-10-22)27-25-13-7-8-14-26(25)28(32-31-27)33-19-16-24(17-20-33)21-23-11-5-2-6-12-23/h1-14,24H,15-21H2,(H,30,34). The highest BCUT2D eigenvalue weighted by Gasteiger charge is 2.24. The van der Waals surface area contributed by atoms with Crippen molar-refractivity contribution in [2.45, 2.75) is 25.7 Å². The van der Waals surface area contributed by atoms with Gasteiger partial charge in [-0.2, -0.15) is 0 Å². The molecule has 5 nitrogen and oxygen atoms in total. The summed E-state index contributed by atoms with van der Waals surface area (Å²) in [4.78, 5) is 15.3. The topological polar surface area (TPSA) is 58.1 Å². The number of benzene rings is 3. The molecule has 0 bridgehead atoms. The average Bonchev–Trinajstić information content (AvgIpc) is 2.90. The normalized spacial score (nSPS) is 14.3. The second-order valence-corrected chi connectivity index (χ2v) is 9.03. The van der Waals surface area contributed by atoms with Crippen molar-refractivity contribution in [3.8, 4) is 0 Å². The molecular formula is C29H30N4O. The molecule has 172 valence electrons. The van der Waals surface area contributed by atoms with Crippen molar-refractivity contribution < 1.29 is 4.79 Å². The second-order valence-electron chi connectivity index (χ2n) is 9.03. The quantitative estimate of drug-likeness (QED) is 0.428. The number of fused-ring (bicyclic) bond motifs is 1. The summed E-state index contributed by atoms with van der Waals surface area (Å²) < 4.78 is 0. The Kier molecular flexibility index (Phi) is 6.80. The Hall–Kier alpha value is -3.73. The molecule has 5 heteroatoms. The zero-order valence-corrected chi connectivity index (χ0v) is 19.4. The molecule has 2 heterocycles. The lowest BCUT2D eigenvalue weighted by Crippen LogP contribution is -2.35. The van der Waals surface area contributed by atoms with Gasteiger partial charge in [-0.25, -0.2) is 0 Å². The highest BCUT2D eigenvalue weighted by atomic mass is 16.1. The van der Waals surface area contributed by atoms with E-state index < -0.39 is 0 Å². The first kappa shape index (κ1) is 22.1. The Morgan fingerprint density at radius 1 is 0.794 bits per heavy atom. The summed E-state index contributed by atoms with van der Waals surface area (Å²) in [5, 5.41) is 13.8. The van der Waals surface area contributed by atoms with E-state index in [4.69, 9.17) is 0 Å². The summed E-state index contributed by atoms with van der Waals surface area (Å²) in [7, 11) is 0. The number of aromatic nitrogens is 2. The van der Waals surface area contributed by atoms with E-state index in [9.17, 15) is 4.79 Å². The van der Waals surface area contributed by atoms with Gasteiger partial charge in [0.15, 0.2) is 11.5 Å². The first-order valence-corrected chi connectivity index (χ1v) is 12.1. The van der Waals surface area contributed by atoms with Gasteiger partial charge in [-0.05, 0) is 42.7 Å². The van der Waals surface area contributed by atoms with Crippen molar-refractivity contribution in [1.29, 1.82) is 0 Å². The number of carbonyl (C=O) groups excluding carboxylic acids is 1. The number of piperidine rings is 1. The number of amides is 1. The van der Waals surface area contributed by atoms with Gasteiger partial charge < -0.3 is 10.2 Å². The number of rotatable bonds is 7. The van der Waals surface area contributed by atoms with Crippen LogP contribution in [0.15, 0.2) is 84.9 Å². The van der Waals surface area contributed by atoms with E-state index in [2.05, 4.69) is 68.9 Å². The first-order valence-electron chi connectivity index (χ1n) is 12.1. The van der Waals surface area contributed by atoms with Crippen LogP contribution in [0.2, 0.25) is 0 Å². The molecule has 34 heavy (non-hydrogen) atoms. The minimum Gasteiger partial charge on any atom is -0.355 e. The third kappa shape index (κ3) is 5.09. The van der Waals surface area contributed by atoms with Crippen LogP contribution in [0.4, 0.5) is 5.82 Å². The van der Waals surface area contributed by atoms with Gasteiger partial charge >= 0.3 is 0 Å². The molecule has 1 aromatic heterocycles. The third-order valence-electron chi connectivity index (χ3n) is 6.71. The maximum Gasteiger partial charge on any atom is 0.272 e. The molecule has 0 aliphatic carbocycles. The molecule has 5 rings (SSSR count). The molecule has 1 amide bonds. The molecule has 1 saturated heterocycles. The SMILES string of the molecule is O=C(NCCc1ccccc1)c1nnc(N2CCC(Cc3ccccc3)CC2)c2ccccc12. The third-order valence-corrected chi connectivity index (χ3v) is 6.71. The van der Waals surface area contributed by atoms with Crippen LogP contribution >= 0.6 is 0 Å². The highest BCUT2D eigenvalue weighted by molar-refractivity contribution is 6.07. The fourth-order valence-electron chi connectivity index (χ4n) is 4.84. The molecule has 3 aromatic carbocycles. The maximum atomic E-state index is 12.9. The minimum atomic E-state index is -0.173. The Morgan fingerprint density at radius 3 is 2.12 bits per heavy atom. The lowest BCUT2D eigenvalue weighted by Gasteiger charge is -2.33. The predicted octanol–water partition coefficient (Wildman–Crippen LogP) is 5.06. The fraction of sp³-hybridized carbons (Fsp3) is 0.276. The van der Waals surface area contributed by atoms with Crippen molar-refractivity contribution in [3.63, 3.8) is 0 Å². The summed E-state index contributed by atoms with van der Waals surface area (Å²) in [6.07, 6.45) is 4.18. The van der Waals surface area contributed by atoms with Gasteiger partial charge in [0.1, 0.15) is 0 Å². The zero-order valence-electron chi connectivity index (χ0n) is 19.4. The van der Waals surface area contributed by atoms with Gasteiger partial charge in [0.25, 0.3) is 5.91 Å². The van der Waals surface area contributed by atoms with Gasteiger partial charge in [0.05, 0.1) is 0 Å². The fourth-order valence-corrected chi connectivity index (χ4v) is 4.84. The highest BCUT2D eigenvalue weighted by Crippen LogP contribution is 2.30. The Morgan fingerprint density at radius 2 is 1.41 bits per heavy atom. The zero-order chi connectivity index (χ0) is 23.2. The molecule has 1 N–H and O–H groups in total. The molecule has 1 aliphatic rings. The van der Waals surface area contributed by atoms with Gasteiger partial charge in [-0.3, -0.25) is 4.79 Å². The van der Waals surface area contributed by atoms with E-state index in [-0.39, 0.29) is 5.91 Å². The first-order chi connectivity index (χ1) is 16.8. The van der Waals surface area contributed by atoms with Gasteiger partial charge in [-0.1, -0.05) is 84.9 Å². The van der Waals surface area contributed by atoms with E-state index in [0.717, 1.165) is 55.4 Å². The summed E-state index contributed by atoms with van der Waals surface area (Å²) in [5.74, 6) is 1.40. The van der Waals surface area contributed by atoms with Crippen molar-refractivity contribution >= 4 is 22.5 Å². The molecule has 0 unspecified atom stereocenters. The molecule has 0 radical (unpaired) electrons. The van der Waals surface area contributed by atoms with Crippen molar-refractivity contribution in [1.82, 2.24) is 15.5 Å². The van der Waals surface area contributed by atoms with Crippen molar-refractivity contribution in [3.05, 3.63) is 102 Å². The van der Waals surface area contributed by atoms with Gasteiger partial charge in [0, 0.05) is 30.4 Å². The van der Waals surface area contributed by atoms with E-state index >= 15 is 0 Å². The minimum absolute atomic E-state index is 0.173. The Labute approximate surface area is 200 Å². The summed E-state index contributed by atoms with van der Waals surface area (Å²) in [6, 6.07) is 28.9. The van der Waals surface area contributed by atoms with Crippen LogP contribution in [0.5, 0.6) is 0 Å². The molecule has 0 spiro atoms. The average molecular weight is 451 g/mol. The van der Waals surface area contributed by atoms with Crippen LogP contribution in [0.1, 0.15) is 34.5 Å². The lowest BCUT2D eigenvalue weighted by atomic mass is 9.90. The van der Waals surface area contributed by atoms with Gasteiger partial charge in [0.2, 0.25) is 0 Å². The second kappa shape index (κ2) is 10.5. The van der Waals surface area contributed by atoms with Crippen LogP contribution < -0.4 is 10.2 Å². The van der Waals surface area contributed by atoms with E-state index in [0.29, 0.717) is 18.2 Å². The molecule has 4 aromatic rings. The van der Waals surface area contributed by atoms with Crippen molar-refractivity contribution in [2.24, 2.45) is 5.92 Å². The predicted molar refractivity (Wildman–Crippen MR) is 137 cm³/mol. The summed E-state index contributed by atoms with van der Waals surface area (Å²) in [5.41, 5.74) is 3.00. The number of hydrogen-bond donors (Lipinski definition) is 1. The van der Waals surface area contributed by atoms with E-state index in [1.165, 1.54) is 11.1 Å². The maximum absolute atomic E-state index is 12.9. The van der Waals surface area contributed by atoms with E-state index in [1.807, 2.05) is 36.4 Å². The van der Waals surface area contributed by atoms with Crippen LogP contribution in [0.3, 0.4) is 0 Å². The van der Waals surface area contributed by atoms with Crippen LogP contribution in [0, 0.1) is 5.92 Å².